The van der Waals surface area contributed by atoms with Crippen LogP contribution < -0.4 is 5.32 Å². The van der Waals surface area contributed by atoms with E-state index in [1.54, 1.807) is 0 Å². The normalized spacial score (nSPS) is 12.3. The SMILES string of the molecule is CCC/C(=C/c1nnc(-c2ccc(CNCCCP(=O)(O)O)cc2CC)o1)c1ccccc1. The van der Waals surface area contributed by atoms with E-state index in [9.17, 15) is 4.57 Å². The third-order valence-corrected chi connectivity index (χ3v) is 6.21. The first-order valence-corrected chi connectivity index (χ1v) is 13.2. The second kappa shape index (κ2) is 12.1. The van der Waals surface area contributed by atoms with Gasteiger partial charge in [-0.3, -0.25) is 4.57 Å². The van der Waals surface area contributed by atoms with Crippen molar-refractivity contribution in [2.75, 3.05) is 12.7 Å². The Morgan fingerprint density at radius 3 is 2.61 bits per heavy atom. The van der Waals surface area contributed by atoms with Crippen LogP contribution in [0, 0.1) is 0 Å². The molecule has 0 unspecified atom stereocenters. The Kier molecular flexibility index (Phi) is 9.15. The van der Waals surface area contributed by atoms with Crippen LogP contribution in [0.25, 0.3) is 23.1 Å². The molecule has 0 spiro atoms. The zero-order valence-corrected chi connectivity index (χ0v) is 20.1. The monoisotopic (exact) mass is 469 g/mol. The van der Waals surface area contributed by atoms with Gasteiger partial charge < -0.3 is 19.5 Å². The van der Waals surface area contributed by atoms with E-state index in [4.69, 9.17) is 14.2 Å². The van der Waals surface area contributed by atoms with Crippen molar-refractivity contribution < 1.29 is 18.8 Å². The van der Waals surface area contributed by atoms with E-state index in [1.165, 1.54) is 5.57 Å². The molecule has 0 saturated heterocycles. The summed E-state index contributed by atoms with van der Waals surface area (Å²) in [5, 5.41) is 11.8. The van der Waals surface area contributed by atoms with Gasteiger partial charge in [-0.05, 0) is 54.1 Å². The van der Waals surface area contributed by atoms with Crippen molar-refractivity contribution in [3.63, 3.8) is 0 Å². The van der Waals surface area contributed by atoms with E-state index in [1.807, 2.05) is 36.4 Å². The summed E-state index contributed by atoms with van der Waals surface area (Å²) in [5.41, 5.74) is 5.46. The molecule has 0 saturated carbocycles. The van der Waals surface area contributed by atoms with Crippen molar-refractivity contribution in [1.29, 1.82) is 0 Å². The molecule has 0 radical (unpaired) electrons. The topological polar surface area (TPSA) is 108 Å². The molecular weight excluding hydrogens is 437 g/mol. The maximum absolute atomic E-state index is 10.9. The summed E-state index contributed by atoms with van der Waals surface area (Å²) in [6, 6.07) is 16.4. The Bertz CT molecular complexity index is 1110. The highest BCUT2D eigenvalue weighted by Gasteiger charge is 2.14. The van der Waals surface area contributed by atoms with Gasteiger partial charge in [0.1, 0.15) is 0 Å². The van der Waals surface area contributed by atoms with Crippen molar-refractivity contribution >= 4 is 19.2 Å². The van der Waals surface area contributed by atoms with E-state index >= 15 is 0 Å². The Labute approximate surface area is 195 Å². The first-order chi connectivity index (χ1) is 15.9. The lowest BCUT2D eigenvalue weighted by molar-refractivity contribution is 0.371. The molecule has 0 fully saturated rings. The van der Waals surface area contributed by atoms with Gasteiger partial charge in [0.25, 0.3) is 0 Å². The molecule has 3 aromatic rings. The summed E-state index contributed by atoms with van der Waals surface area (Å²) < 4.78 is 16.9. The molecule has 176 valence electrons. The van der Waals surface area contributed by atoms with E-state index in [-0.39, 0.29) is 6.16 Å². The van der Waals surface area contributed by atoms with Crippen LogP contribution in [0.15, 0.2) is 52.9 Å². The van der Waals surface area contributed by atoms with Crippen LogP contribution in [0.2, 0.25) is 0 Å². The summed E-state index contributed by atoms with van der Waals surface area (Å²) in [4.78, 5) is 17.9. The summed E-state index contributed by atoms with van der Waals surface area (Å²) >= 11 is 0. The van der Waals surface area contributed by atoms with Gasteiger partial charge in [-0.15, -0.1) is 10.2 Å². The lowest BCUT2D eigenvalue weighted by Crippen LogP contribution is -2.16. The predicted molar refractivity (Wildman–Crippen MR) is 132 cm³/mol. The maximum Gasteiger partial charge on any atom is 0.325 e. The second-order valence-electron chi connectivity index (χ2n) is 7.99. The molecule has 3 rings (SSSR count). The first kappa shape index (κ1) is 25.1. The molecule has 33 heavy (non-hydrogen) atoms. The molecule has 8 heteroatoms. The fourth-order valence-electron chi connectivity index (χ4n) is 3.67. The zero-order valence-electron chi connectivity index (χ0n) is 19.2. The van der Waals surface area contributed by atoms with Gasteiger partial charge in [0, 0.05) is 18.2 Å². The molecule has 2 aromatic carbocycles. The second-order valence-corrected chi connectivity index (χ2v) is 9.77. The Morgan fingerprint density at radius 2 is 1.91 bits per heavy atom. The standard InChI is InChI=1S/C25H32N3O4P/c1-3-9-22(21-10-6-5-7-11-21)17-24-27-28-25(32-24)23-13-12-19(16-20(23)4-2)18-26-14-8-15-33(29,30)31/h5-7,10-13,16-17,26H,3-4,8-9,14-15,18H2,1-2H3,(H2,29,30,31)/b22-17-. The minimum absolute atomic E-state index is 0.0999. The van der Waals surface area contributed by atoms with Crippen molar-refractivity contribution in [1.82, 2.24) is 15.5 Å². The number of nitrogens with one attached hydrogen (secondary N) is 1. The van der Waals surface area contributed by atoms with Gasteiger partial charge >= 0.3 is 7.60 Å². The summed E-state index contributed by atoms with van der Waals surface area (Å²) in [7, 11) is -3.93. The molecule has 1 heterocycles. The molecule has 7 nitrogen and oxygen atoms in total. The number of aromatic nitrogens is 2. The number of aryl methyl sites for hydroxylation is 1. The number of benzene rings is 2. The first-order valence-electron chi connectivity index (χ1n) is 11.4. The average molecular weight is 470 g/mol. The molecule has 0 bridgehead atoms. The van der Waals surface area contributed by atoms with Crippen LogP contribution in [-0.4, -0.2) is 32.7 Å². The van der Waals surface area contributed by atoms with E-state index < -0.39 is 7.60 Å². The van der Waals surface area contributed by atoms with Crippen molar-refractivity contribution in [3.8, 4) is 11.5 Å². The highest BCUT2D eigenvalue weighted by atomic mass is 31.2. The molecule has 3 N–H and O–H groups in total. The van der Waals surface area contributed by atoms with Gasteiger partial charge in [0.2, 0.25) is 11.8 Å². The van der Waals surface area contributed by atoms with Crippen LogP contribution in [0.1, 0.15) is 55.7 Å². The van der Waals surface area contributed by atoms with Gasteiger partial charge in [0.15, 0.2) is 0 Å². The largest absolute Gasteiger partial charge is 0.417 e. The number of nitrogens with zero attached hydrogens (tertiary/aromatic N) is 2. The van der Waals surface area contributed by atoms with Gasteiger partial charge in [-0.25, -0.2) is 0 Å². The van der Waals surface area contributed by atoms with Gasteiger partial charge in [0.05, 0.1) is 6.16 Å². The van der Waals surface area contributed by atoms with Gasteiger partial charge in [-0.1, -0.05) is 62.7 Å². The smallest absolute Gasteiger partial charge is 0.325 e. The zero-order chi connectivity index (χ0) is 23.7. The van der Waals surface area contributed by atoms with Crippen LogP contribution in [-0.2, 0) is 17.5 Å². The summed E-state index contributed by atoms with van der Waals surface area (Å²) in [6.45, 7) is 5.42. The van der Waals surface area contributed by atoms with Crippen LogP contribution >= 0.6 is 7.60 Å². The third-order valence-electron chi connectivity index (χ3n) is 5.32. The van der Waals surface area contributed by atoms with E-state index in [2.05, 4.69) is 47.6 Å². The van der Waals surface area contributed by atoms with Crippen LogP contribution in [0.5, 0.6) is 0 Å². The van der Waals surface area contributed by atoms with Crippen molar-refractivity contribution in [3.05, 3.63) is 71.1 Å². The molecule has 0 aliphatic heterocycles. The minimum atomic E-state index is -3.93. The Hall–Kier alpha value is -2.57. The maximum atomic E-state index is 10.9. The van der Waals surface area contributed by atoms with Gasteiger partial charge in [-0.2, -0.15) is 0 Å². The number of rotatable bonds is 12. The van der Waals surface area contributed by atoms with Crippen LogP contribution in [0.3, 0.4) is 0 Å². The lowest BCUT2D eigenvalue weighted by atomic mass is 10.0. The van der Waals surface area contributed by atoms with E-state index in [0.717, 1.165) is 41.5 Å². The Balaban J connectivity index is 1.71. The molecule has 0 aliphatic carbocycles. The fourth-order valence-corrected chi connectivity index (χ4v) is 4.24. The highest BCUT2D eigenvalue weighted by molar-refractivity contribution is 7.51. The van der Waals surface area contributed by atoms with Crippen molar-refractivity contribution in [2.24, 2.45) is 0 Å². The number of hydrogen-bond donors (Lipinski definition) is 3. The number of allylic oxidation sites excluding steroid dienone is 1. The molecule has 0 amide bonds. The van der Waals surface area contributed by atoms with Crippen LogP contribution in [0.4, 0.5) is 0 Å². The highest BCUT2D eigenvalue weighted by Crippen LogP contribution is 2.34. The quantitative estimate of drug-likeness (QED) is 0.244. The summed E-state index contributed by atoms with van der Waals surface area (Å²) in [6.07, 6.45) is 5.08. The predicted octanol–water partition coefficient (Wildman–Crippen LogP) is 5.30. The number of hydrogen-bond acceptors (Lipinski definition) is 5. The average Bonchev–Trinajstić information content (AvgIpc) is 3.26. The third kappa shape index (κ3) is 7.76. The Morgan fingerprint density at radius 1 is 1.12 bits per heavy atom. The molecule has 1 aromatic heterocycles. The molecule has 0 aliphatic rings. The molecular formula is C25H32N3O4P. The summed E-state index contributed by atoms with van der Waals surface area (Å²) in [5.74, 6) is 0.998. The minimum Gasteiger partial charge on any atom is -0.417 e. The van der Waals surface area contributed by atoms with Crippen molar-refractivity contribution in [2.45, 2.75) is 46.1 Å². The fraction of sp³-hybridized carbons (Fsp3) is 0.360. The molecule has 0 atom stereocenters. The lowest BCUT2D eigenvalue weighted by Gasteiger charge is -2.09. The van der Waals surface area contributed by atoms with E-state index in [0.29, 0.717) is 31.3 Å².